The highest BCUT2D eigenvalue weighted by molar-refractivity contribution is 5.31. The van der Waals surface area contributed by atoms with E-state index in [-0.39, 0.29) is 5.82 Å². The van der Waals surface area contributed by atoms with E-state index in [2.05, 4.69) is 21.9 Å². The first kappa shape index (κ1) is 14.2. The van der Waals surface area contributed by atoms with Crippen molar-refractivity contribution in [1.82, 2.24) is 19.7 Å². The van der Waals surface area contributed by atoms with Gasteiger partial charge in [0.1, 0.15) is 18.0 Å². The number of aryl methyl sites for hydroxylation is 1. The Labute approximate surface area is 124 Å². The third-order valence-corrected chi connectivity index (χ3v) is 4.22. The predicted octanol–water partition coefficient (Wildman–Crippen LogP) is 2.82. The Balaban J connectivity index is 1.68. The first-order valence-electron chi connectivity index (χ1n) is 7.63. The Kier molecular flexibility index (Phi) is 4.29. The Morgan fingerprint density at radius 1 is 1.29 bits per heavy atom. The number of nitrogens with zero attached hydrogens (tertiary/aromatic N) is 4. The van der Waals surface area contributed by atoms with E-state index in [9.17, 15) is 4.39 Å². The fraction of sp³-hybridized carbons (Fsp3) is 0.500. The number of benzene rings is 1. The second kappa shape index (κ2) is 6.35. The van der Waals surface area contributed by atoms with Crippen LogP contribution in [0.15, 0.2) is 30.6 Å². The molecule has 1 aromatic heterocycles. The highest BCUT2D eigenvalue weighted by Gasteiger charge is 2.18. The van der Waals surface area contributed by atoms with Crippen molar-refractivity contribution in [3.05, 3.63) is 42.2 Å². The van der Waals surface area contributed by atoms with Crippen LogP contribution >= 0.6 is 0 Å². The molecule has 1 aromatic carbocycles. The fourth-order valence-electron chi connectivity index (χ4n) is 2.96. The maximum Gasteiger partial charge on any atom is 0.138 e. The zero-order valence-electron chi connectivity index (χ0n) is 12.4. The molecule has 0 spiro atoms. The molecule has 0 saturated carbocycles. The van der Waals surface area contributed by atoms with Crippen LogP contribution in [0.25, 0.3) is 5.69 Å². The second-order valence-electron chi connectivity index (χ2n) is 5.70. The molecular formula is C16H21FN4. The van der Waals surface area contributed by atoms with Gasteiger partial charge in [0.05, 0.1) is 5.69 Å². The Bertz CT molecular complexity index is 589. The molecule has 1 saturated heterocycles. The van der Waals surface area contributed by atoms with Gasteiger partial charge >= 0.3 is 0 Å². The first-order valence-corrected chi connectivity index (χ1v) is 7.63. The minimum absolute atomic E-state index is 0.251. The summed E-state index contributed by atoms with van der Waals surface area (Å²) in [5.74, 6) is 0.644. The summed E-state index contributed by atoms with van der Waals surface area (Å²) in [6.45, 7) is 4.68. The quantitative estimate of drug-likeness (QED) is 0.848. The Hall–Kier alpha value is -1.75. The maximum absolute atomic E-state index is 13.3. The lowest BCUT2D eigenvalue weighted by Crippen LogP contribution is -2.30. The third kappa shape index (κ3) is 3.29. The number of hydrogen-bond donors (Lipinski definition) is 0. The highest BCUT2D eigenvalue weighted by Crippen LogP contribution is 2.17. The molecule has 0 N–H and O–H groups in total. The molecule has 112 valence electrons. The van der Waals surface area contributed by atoms with Crippen LogP contribution in [0.2, 0.25) is 0 Å². The van der Waals surface area contributed by atoms with Crippen molar-refractivity contribution in [2.24, 2.45) is 0 Å². The van der Waals surface area contributed by atoms with Gasteiger partial charge in [0.25, 0.3) is 0 Å². The van der Waals surface area contributed by atoms with Gasteiger partial charge in [-0.05, 0) is 57.5 Å². The maximum atomic E-state index is 13.3. The third-order valence-electron chi connectivity index (χ3n) is 4.22. The van der Waals surface area contributed by atoms with Gasteiger partial charge in [0.2, 0.25) is 0 Å². The summed E-state index contributed by atoms with van der Waals surface area (Å²) in [7, 11) is 0. The topological polar surface area (TPSA) is 34.0 Å². The minimum atomic E-state index is -0.251. The van der Waals surface area contributed by atoms with E-state index in [0.29, 0.717) is 6.04 Å². The number of rotatable bonds is 5. The van der Waals surface area contributed by atoms with Gasteiger partial charge in [0, 0.05) is 12.5 Å². The predicted molar refractivity (Wildman–Crippen MR) is 79.9 cm³/mol. The van der Waals surface area contributed by atoms with E-state index >= 15 is 0 Å². The van der Waals surface area contributed by atoms with Gasteiger partial charge in [-0.15, -0.1) is 0 Å². The van der Waals surface area contributed by atoms with Crippen LogP contribution in [0.4, 0.5) is 4.39 Å². The molecule has 1 aliphatic heterocycles. The van der Waals surface area contributed by atoms with Crippen LogP contribution in [0.5, 0.6) is 0 Å². The largest absolute Gasteiger partial charge is 0.301 e. The lowest BCUT2D eigenvalue weighted by Gasteiger charge is -2.23. The number of likely N-dealkylation sites (tertiary alicyclic amines) is 1. The summed E-state index contributed by atoms with van der Waals surface area (Å²) in [5.41, 5.74) is 0.733. The van der Waals surface area contributed by atoms with Crippen molar-refractivity contribution < 1.29 is 4.39 Å². The fourth-order valence-corrected chi connectivity index (χ4v) is 2.96. The summed E-state index contributed by atoms with van der Waals surface area (Å²) in [6, 6.07) is 7.04. The number of aromatic nitrogens is 3. The first-order chi connectivity index (χ1) is 10.2. The summed E-state index contributed by atoms with van der Waals surface area (Å²) in [5, 5.41) is 4.23. The smallest absolute Gasteiger partial charge is 0.138 e. The second-order valence-corrected chi connectivity index (χ2v) is 5.70. The van der Waals surface area contributed by atoms with Gasteiger partial charge in [0.15, 0.2) is 0 Å². The van der Waals surface area contributed by atoms with Crippen molar-refractivity contribution in [1.29, 1.82) is 0 Å². The van der Waals surface area contributed by atoms with Crippen molar-refractivity contribution in [3.8, 4) is 5.69 Å². The molecule has 1 aliphatic rings. The van der Waals surface area contributed by atoms with E-state index in [0.717, 1.165) is 24.4 Å². The molecule has 5 heteroatoms. The summed E-state index contributed by atoms with van der Waals surface area (Å²) in [4.78, 5) is 6.86. The molecular weight excluding hydrogens is 267 g/mol. The normalized spacial score (nSPS) is 17.2. The van der Waals surface area contributed by atoms with Gasteiger partial charge in [-0.2, -0.15) is 5.10 Å². The standard InChI is InChI=1S/C16H21FN4/c1-13(20-9-2-3-10-20)7-8-16-18-12-19-21(16)15-6-4-5-14(17)11-15/h4-6,11-13H,2-3,7-10H2,1H3/t13-/m0/s1. The lowest BCUT2D eigenvalue weighted by molar-refractivity contribution is 0.246. The number of hydrogen-bond acceptors (Lipinski definition) is 3. The molecule has 0 aliphatic carbocycles. The Morgan fingerprint density at radius 2 is 2.10 bits per heavy atom. The van der Waals surface area contributed by atoms with Crippen LogP contribution < -0.4 is 0 Å². The van der Waals surface area contributed by atoms with Gasteiger partial charge < -0.3 is 4.90 Å². The molecule has 0 bridgehead atoms. The average molecular weight is 288 g/mol. The highest BCUT2D eigenvalue weighted by atomic mass is 19.1. The molecule has 0 radical (unpaired) electrons. The van der Waals surface area contributed by atoms with Gasteiger partial charge in [-0.1, -0.05) is 6.07 Å². The average Bonchev–Trinajstić information content (AvgIpc) is 3.16. The lowest BCUT2D eigenvalue weighted by atomic mass is 10.1. The molecule has 2 aromatic rings. The number of halogens is 1. The van der Waals surface area contributed by atoms with Crippen molar-refractivity contribution in [2.75, 3.05) is 13.1 Å². The zero-order chi connectivity index (χ0) is 14.7. The minimum Gasteiger partial charge on any atom is -0.301 e. The molecule has 1 fully saturated rings. The molecule has 2 heterocycles. The summed E-state index contributed by atoms with van der Waals surface area (Å²) < 4.78 is 15.1. The van der Waals surface area contributed by atoms with Gasteiger partial charge in [-0.3, -0.25) is 0 Å². The van der Waals surface area contributed by atoms with E-state index in [1.807, 2.05) is 6.07 Å². The zero-order valence-corrected chi connectivity index (χ0v) is 12.4. The van der Waals surface area contributed by atoms with Crippen LogP contribution in [-0.4, -0.2) is 38.8 Å². The monoisotopic (exact) mass is 288 g/mol. The van der Waals surface area contributed by atoms with E-state index in [1.165, 1.54) is 38.1 Å². The molecule has 3 rings (SSSR count). The SMILES string of the molecule is C[C@@H](CCc1ncnn1-c1cccc(F)c1)N1CCCC1. The van der Waals surface area contributed by atoms with Crippen LogP contribution in [0.3, 0.4) is 0 Å². The van der Waals surface area contributed by atoms with E-state index in [4.69, 9.17) is 0 Å². The van der Waals surface area contributed by atoms with Crippen molar-refractivity contribution in [3.63, 3.8) is 0 Å². The molecule has 1 atom stereocenters. The van der Waals surface area contributed by atoms with E-state index < -0.39 is 0 Å². The van der Waals surface area contributed by atoms with Crippen LogP contribution in [-0.2, 0) is 6.42 Å². The van der Waals surface area contributed by atoms with E-state index in [1.54, 1.807) is 17.1 Å². The summed E-state index contributed by atoms with van der Waals surface area (Å²) in [6.07, 6.45) is 6.07. The summed E-state index contributed by atoms with van der Waals surface area (Å²) >= 11 is 0. The Morgan fingerprint density at radius 3 is 2.86 bits per heavy atom. The van der Waals surface area contributed by atoms with Crippen LogP contribution in [0, 0.1) is 5.82 Å². The molecule has 0 unspecified atom stereocenters. The molecule has 21 heavy (non-hydrogen) atoms. The molecule has 0 amide bonds. The van der Waals surface area contributed by atoms with Crippen molar-refractivity contribution in [2.45, 2.75) is 38.6 Å². The van der Waals surface area contributed by atoms with Crippen molar-refractivity contribution >= 4 is 0 Å². The molecule has 4 nitrogen and oxygen atoms in total. The van der Waals surface area contributed by atoms with Gasteiger partial charge in [-0.25, -0.2) is 14.1 Å². The van der Waals surface area contributed by atoms with Crippen LogP contribution in [0.1, 0.15) is 32.0 Å².